The molecule has 0 saturated heterocycles. The molecule has 2 atom stereocenters. The zero-order valence-electron chi connectivity index (χ0n) is 10.7. The summed E-state index contributed by atoms with van der Waals surface area (Å²) in [6, 6.07) is 8.27. The lowest BCUT2D eigenvalue weighted by Crippen LogP contribution is -2.28. The maximum Gasteiger partial charge on any atom is 0.260 e. The quantitative estimate of drug-likeness (QED) is 0.819. The SMILES string of the molecule is C=C=CCNS(=O)(=O)C[C@H]1[C@H](c2ccccc2)C1(F)F. The van der Waals surface area contributed by atoms with Gasteiger partial charge in [-0.3, -0.25) is 0 Å². The van der Waals surface area contributed by atoms with Crippen LogP contribution in [0.5, 0.6) is 0 Å². The third-order valence-corrected chi connectivity index (χ3v) is 4.71. The molecule has 2 rings (SSSR count). The van der Waals surface area contributed by atoms with E-state index in [4.69, 9.17) is 0 Å². The van der Waals surface area contributed by atoms with Gasteiger partial charge in [-0.05, 0) is 11.6 Å². The van der Waals surface area contributed by atoms with Gasteiger partial charge in [-0.1, -0.05) is 36.9 Å². The summed E-state index contributed by atoms with van der Waals surface area (Å²) in [6.45, 7) is 3.31. The summed E-state index contributed by atoms with van der Waals surface area (Å²) in [5.74, 6) is -5.74. The fourth-order valence-electron chi connectivity index (χ4n) is 2.25. The molecule has 1 aliphatic rings. The van der Waals surface area contributed by atoms with Crippen LogP contribution in [-0.4, -0.2) is 26.6 Å². The van der Waals surface area contributed by atoms with Crippen molar-refractivity contribution >= 4 is 10.0 Å². The highest BCUT2D eigenvalue weighted by molar-refractivity contribution is 7.89. The van der Waals surface area contributed by atoms with E-state index < -0.39 is 33.5 Å². The maximum absolute atomic E-state index is 13.7. The average Bonchev–Trinajstić information content (AvgIpc) is 2.91. The van der Waals surface area contributed by atoms with Crippen molar-refractivity contribution < 1.29 is 17.2 Å². The van der Waals surface area contributed by atoms with E-state index in [0.717, 1.165) is 0 Å². The van der Waals surface area contributed by atoms with Crippen molar-refractivity contribution in [2.24, 2.45) is 5.92 Å². The first kappa shape index (κ1) is 14.9. The average molecular weight is 299 g/mol. The molecule has 0 radical (unpaired) electrons. The second kappa shape index (κ2) is 5.48. The molecule has 3 nitrogen and oxygen atoms in total. The summed E-state index contributed by atoms with van der Waals surface area (Å²) in [5, 5.41) is 0. The molecule has 1 aliphatic carbocycles. The van der Waals surface area contributed by atoms with Crippen molar-refractivity contribution in [1.82, 2.24) is 4.72 Å². The predicted octanol–water partition coefficient (Wildman–Crippen LogP) is 2.30. The normalized spacial score (nSPS) is 23.9. The number of nitrogens with one attached hydrogen (secondary N) is 1. The van der Waals surface area contributed by atoms with E-state index in [0.29, 0.717) is 5.56 Å². The van der Waals surface area contributed by atoms with Crippen molar-refractivity contribution in [3.05, 3.63) is 54.3 Å². The van der Waals surface area contributed by atoms with Crippen LogP contribution >= 0.6 is 0 Å². The summed E-state index contributed by atoms with van der Waals surface area (Å²) in [5.41, 5.74) is 2.89. The molecule has 0 bridgehead atoms. The highest BCUT2D eigenvalue weighted by Crippen LogP contribution is 2.61. The van der Waals surface area contributed by atoms with Gasteiger partial charge in [-0.2, -0.15) is 0 Å². The second-order valence-electron chi connectivity index (χ2n) is 4.71. The molecule has 1 fully saturated rings. The lowest BCUT2D eigenvalue weighted by molar-refractivity contribution is 0.0967. The Hall–Kier alpha value is -1.49. The highest BCUT2D eigenvalue weighted by atomic mass is 32.2. The molecule has 0 aliphatic heterocycles. The number of alkyl halides is 2. The Morgan fingerprint density at radius 2 is 2.00 bits per heavy atom. The molecule has 0 amide bonds. The van der Waals surface area contributed by atoms with E-state index in [2.05, 4.69) is 17.0 Å². The number of hydrogen-bond acceptors (Lipinski definition) is 2. The smallest absolute Gasteiger partial charge is 0.212 e. The number of rotatable bonds is 6. The standard InChI is InChI=1S/C14H15F2NO2S/c1-2-3-9-17-20(18,19)10-12-13(14(12,15)16)11-7-5-4-6-8-11/h3-8,12-13,17H,1,9-10H2/t12-,13-/m0/s1. The molecule has 20 heavy (non-hydrogen) atoms. The topological polar surface area (TPSA) is 46.2 Å². The molecule has 0 heterocycles. The first-order valence-electron chi connectivity index (χ1n) is 6.13. The van der Waals surface area contributed by atoms with Crippen LogP contribution in [0.3, 0.4) is 0 Å². The largest absolute Gasteiger partial charge is 0.260 e. The van der Waals surface area contributed by atoms with Crippen LogP contribution in [-0.2, 0) is 10.0 Å². The number of hydrogen-bond donors (Lipinski definition) is 1. The monoisotopic (exact) mass is 299 g/mol. The zero-order chi connectivity index (χ0) is 14.8. The van der Waals surface area contributed by atoms with Gasteiger partial charge in [-0.15, -0.1) is 5.73 Å². The molecule has 0 spiro atoms. The summed E-state index contributed by atoms with van der Waals surface area (Å²) in [4.78, 5) is 0. The first-order valence-corrected chi connectivity index (χ1v) is 7.78. The Labute approximate surface area is 117 Å². The third kappa shape index (κ3) is 3.15. The molecule has 1 aromatic carbocycles. The summed E-state index contributed by atoms with van der Waals surface area (Å²) >= 11 is 0. The summed E-state index contributed by atoms with van der Waals surface area (Å²) in [7, 11) is -3.73. The van der Waals surface area contributed by atoms with Gasteiger partial charge in [0, 0.05) is 6.54 Å². The lowest BCUT2D eigenvalue weighted by Gasteiger charge is -2.03. The molecular weight excluding hydrogens is 284 g/mol. The fraction of sp³-hybridized carbons (Fsp3) is 0.357. The van der Waals surface area contributed by atoms with Crippen LogP contribution < -0.4 is 4.72 Å². The van der Waals surface area contributed by atoms with Crippen molar-refractivity contribution in [2.45, 2.75) is 11.8 Å². The first-order chi connectivity index (χ1) is 9.38. The van der Waals surface area contributed by atoms with Crippen molar-refractivity contribution in [3.8, 4) is 0 Å². The van der Waals surface area contributed by atoms with Gasteiger partial charge in [0.2, 0.25) is 10.0 Å². The van der Waals surface area contributed by atoms with Crippen LogP contribution in [0.1, 0.15) is 11.5 Å². The van der Waals surface area contributed by atoms with Gasteiger partial charge >= 0.3 is 0 Å². The molecule has 6 heteroatoms. The van der Waals surface area contributed by atoms with Crippen LogP contribution in [0.25, 0.3) is 0 Å². The number of halogens is 2. The lowest BCUT2D eigenvalue weighted by atomic mass is 10.1. The van der Waals surface area contributed by atoms with Crippen molar-refractivity contribution in [3.63, 3.8) is 0 Å². The molecule has 0 unspecified atom stereocenters. The maximum atomic E-state index is 13.7. The van der Waals surface area contributed by atoms with Crippen LogP contribution in [0.4, 0.5) is 8.78 Å². The summed E-state index contributed by atoms with van der Waals surface area (Å²) < 4.78 is 53.1. The minimum Gasteiger partial charge on any atom is -0.212 e. The number of benzene rings is 1. The van der Waals surface area contributed by atoms with Gasteiger partial charge in [0.25, 0.3) is 5.92 Å². The molecule has 108 valence electrons. The molecule has 1 aromatic rings. The Morgan fingerprint density at radius 3 is 2.60 bits per heavy atom. The van der Waals surface area contributed by atoms with E-state index in [1.54, 1.807) is 30.3 Å². The van der Waals surface area contributed by atoms with E-state index in [9.17, 15) is 17.2 Å². The van der Waals surface area contributed by atoms with Crippen molar-refractivity contribution in [2.75, 3.05) is 12.3 Å². The van der Waals surface area contributed by atoms with Gasteiger partial charge in [0.15, 0.2) is 0 Å². The number of sulfonamides is 1. The predicted molar refractivity (Wildman–Crippen MR) is 73.1 cm³/mol. The Kier molecular flexibility index (Phi) is 4.09. The fourth-order valence-corrected chi connectivity index (χ4v) is 3.59. The van der Waals surface area contributed by atoms with E-state index in [1.807, 2.05) is 0 Å². The van der Waals surface area contributed by atoms with Gasteiger partial charge < -0.3 is 0 Å². The van der Waals surface area contributed by atoms with Gasteiger partial charge in [0.05, 0.1) is 17.6 Å². The van der Waals surface area contributed by atoms with Gasteiger partial charge in [-0.25, -0.2) is 21.9 Å². The van der Waals surface area contributed by atoms with Gasteiger partial charge in [0.1, 0.15) is 0 Å². The Bertz CT molecular complexity index is 622. The minimum absolute atomic E-state index is 0.0140. The molecule has 1 N–H and O–H groups in total. The van der Waals surface area contributed by atoms with Crippen molar-refractivity contribution in [1.29, 1.82) is 0 Å². The van der Waals surface area contributed by atoms with Crippen LogP contribution in [0.15, 0.2) is 48.7 Å². The zero-order valence-corrected chi connectivity index (χ0v) is 11.5. The van der Waals surface area contributed by atoms with E-state index >= 15 is 0 Å². The highest BCUT2D eigenvalue weighted by Gasteiger charge is 2.69. The summed E-state index contributed by atoms with van der Waals surface area (Å²) in [6.07, 6.45) is 1.39. The van der Waals surface area contributed by atoms with E-state index in [1.165, 1.54) is 6.08 Å². The van der Waals surface area contributed by atoms with Crippen LogP contribution in [0, 0.1) is 5.92 Å². The Balaban J connectivity index is 2.06. The minimum atomic E-state index is -3.73. The Morgan fingerprint density at radius 1 is 1.35 bits per heavy atom. The second-order valence-corrected chi connectivity index (χ2v) is 6.56. The van der Waals surface area contributed by atoms with E-state index in [-0.39, 0.29) is 6.54 Å². The third-order valence-electron chi connectivity index (χ3n) is 3.31. The molecular formula is C14H15F2NO2S. The molecule has 0 aromatic heterocycles. The molecule has 1 saturated carbocycles. The van der Waals surface area contributed by atoms with Crippen LogP contribution in [0.2, 0.25) is 0 Å².